The van der Waals surface area contributed by atoms with E-state index in [2.05, 4.69) is 38.6 Å². The zero-order valence-corrected chi connectivity index (χ0v) is 12.4. The Morgan fingerprint density at radius 2 is 2.39 bits per heavy atom. The molecule has 0 spiro atoms. The lowest BCUT2D eigenvalue weighted by Gasteiger charge is -2.22. The van der Waals surface area contributed by atoms with Crippen LogP contribution in [0, 0.1) is 0 Å². The maximum Gasteiger partial charge on any atom is 0.237 e. The van der Waals surface area contributed by atoms with Crippen molar-refractivity contribution in [3.63, 3.8) is 0 Å². The van der Waals surface area contributed by atoms with E-state index in [4.69, 9.17) is 0 Å². The fourth-order valence-corrected chi connectivity index (χ4v) is 2.96. The van der Waals surface area contributed by atoms with E-state index >= 15 is 0 Å². The van der Waals surface area contributed by atoms with E-state index in [1.165, 1.54) is 0 Å². The Morgan fingerprint density at radius 1 is 1.61 bits per heavy atom. The Morgan fingerprint density at radius 3 is 3.00 bits per heavy atom. The van der Waals surface area contributed by atoms with Crippen LogP contribution in [0.2, 0.25) is 0 Å². The van der Waals surface area contributed by atoms with E-state index in [1.54, 1.807) is 0 Å². The van der Waals surface area contributed by atoms with E-state index in [-0.39, 0.29) is 11.9 Å². The van der Waals surface area contributed by atoms with Gasteiger partial charge in [-0.3, -0.25) is 9.48 Å². The third-order valence-electron chi connectivity index (χ3n) is 3.30. The van der Waals surface area contributed by atoms with Crippen LogP contribution in [0.15, 0.2) is 4.47 Å². The number of rotatable bonds is 4. The van der Waals surface area contributed by atoms with Crippen molar-refractivity contribution in [2.24, 2.45) is 7.05 Å². The molecule has 0 saturated carbocycles. The van der Waals surface area contributed by atoms with E-state index in [0.717, 1.165) is 41.7 Å². The zero-order valence-electron chi connectivity index (χ0n) is 10.8. The molecule has 5 nitrogen and oxygen atoms in total. The Hall–Kier alpha value is -0.880. The van der Waals surface area contributed by atoms with Crippen molar-refractivity contribution in [3.8, 4) is 0 Å². The number of nitrogens with one attached hydrogen (secondary N) is 2. The van der Waals surface area contributed by atoms with Gasteiger partial charge < -0.3 is 10.6 Å². The quantitative estimate of drug-likeness (QED) is 0.875. The maximum atomic E-state index is 11.6. The van der Waals surface area contributed by atoms with Crippen LogP contribution in [-0.2, 0) is 24.8 Å². The van der Waals surface area contributed by atoms with Crippen molar-refractivity contribution < 1.29 is 4.79 Å². The summed E-state index contributed by atoms with van der Waals surface area (Å²) in [4.78, 5) is 11.6. The summed E-state index contributed by atoms with van der Waals surface area (Å²) in [6.07, 6.45) is 2.84. The fourth-order valence-electron chi connectivity index (χ4n) is 2.20. The first-order valence-corrected chi connectivity index (χ1v) is 7.14. The molecular formula is C12H19BrN4O. The Labute approximate surface area is 115 Å². The second-order valence-corrected chi connectivity index (χ2v) is 5.34. The molecule has 1 fully saturated rings. The zero-order chi connectivity index (χ0) is 13.1. The number of nitrogens with zero attached hydrogens (tertiary/aromatic N) is 2. The first kappa shape index (κ1) is 13.5. The second kappa shape index (κ2) is 5.84. The summed E-state index contributed by atoms with van der Waals surface area (Å²) in [5.41, 5.74) is 2.15. The molecule has 0 bridgehead atoms. The van der Waals surface area contributed by atoms with Crippen LogP contribution in [0.5, 0.6) is 0 Å². The second-order valence-electron chi connectivity index (χ2n) is 4.55. The van der Waals surface area contributed by atoms with E-state index < -0.39 is 0 Å². The lowest BCUT2D eigenvalue weighted by Crippen LogP contribution is -2.48. The summed E-state index contributed by atoms with van der Waals surface area (Å²) >= 11 is 3.58. The molecule has 2 heterocycles. The lowest BCUT2D eigenvalue weighted by molar-refractivity contribution is -0.124. The predicted octanol–water partition coefficient (Wildman–Crippen LogP) is 1.11. The topological polar surface area (TPSA) is 59.0 Å². The molecule has 0 aliphatic carbocycles. The summed E-state index contributed by atoms with van der Waals surface area (Å²) < 4.78 is 2.92. The minimum absolute atomic E-state index is 0.0781. The molecule has 18 heavy (non-hydrogen) atoms. The summed E-state index contributed by atoms with van der Waals surface area (Å²) in [6, 6.07) is -0.0781. The first-order valence-electron chi connectivity index (χ1n) is 6.34. The van der Waals surface area contributed by atoms with E-state index in [9.17, 15) is 4.79 Å². The van der Waals surface area contributed by atoms with Gasteiger partial charge in [0.15, 0.2) is 0 Å². The van der Waals surface area contributed by atoms with Crippen LogP contribution in [0.3, 0.4) is 0 Å². The van der Waals surface area contributed by atoms with Gasteiger partial charge in [-0.15, -0.1) is 0 Å². The van der Waals surface area contributed by atoms with Gasteiger partial charge in [-0.2, -0.15) is 5.10 Å². The standard InChI is InChI=1S/C12H19BrN4O/c1-3-8-11(13)10(17(2)16-8)7-15-9-5-4-6-14-12(9)18/h9,15H,3-7H2,1-2H3,(H,14,18). The monoisotopic (exact) mass is 314 g/mol. The van der Waals surface area contributed by atoms with E-state index in [1.807, 2.05) is 11.7 Å². The number of hydrogen-bond acceptors (Lipinski definition) is 3. The number of piperidine rings is 1. The first-order chi connectivity index (χ1) is 8.63. The smallest absolute Gasteiger partial charge is 0.237 e. The normalized spacial score (nSPS) is 19.9. The van der Waals surface area contributed by atoms with Gasteiger partial charge in [0.25, 0.3) is 0 Å². The minimum Gasteiger partial charge on any atom is -0.355 e. The SMILES string of the molecule is CCc1nn(C)c(CNC2CCCNC2=O)c1Br. The van der Waals surface area contributed by atoms with Gasteiger partial charge in [-0.05, 0) is 35.2 Å². The molecule has 1 aromatic rings. The molecule has 1 aliphatic heterocycles. The van der Waals surface area contributed by atoms with Crippen molar-refractivity contribution in [2.75, 3.05) is 6.54 Å². The highest BCUT2D eigenvalue weighted by Crippen LogP contribution is 2.21. The van der Waals surface area contributed by atoms with Gasteiger partial charge in [0.05, 0.1) is 21.9 Å². The van der Waals surface area contributed by atoms with Crippen molar-refractivity contribution in [2.45, 2.75) is 38.8 Å². The van der Waals surface area contributed by atoms with Crippen LogP contribution in [0.4, 0.5) is 0 Å². The maximum absolute atomic E-state index is 11.6. The number of hydrogen-bond donors (Lipinski definition) is 2. The van der Waals surface area contributed by atoms with Crippen molar-refractivity contribution in [1.29, 1.82) is 0 Å². The van der Waals surface area contributed by atoms with Crippen LogP contribution in [0.1, 0.15) is 31.2 Å². The van der Waals surface area contributed by atoms with Gasteiger partial charge in [-0.25, -0.2) is 0 Å². The number of aryl methyl sites for hydroxylation is 2. The van der Waals surface area contributed by atoms with Crippen LogP contribution >= 0.6 is 15.9 Å². The number of carbonyl (C=O) groups is 1. The van der Waals surface area contributed by atoms with Gasteiger partial charge in [0, 0.05) is 20.1 Å². The molecule has 0 aromatic carbocycles. The molecule has 1 amide bonds. The van der Waals surface area contributed by atoms with Crippen molar-refractivity contribution >= 4 is 21.8 Å². The van der Waals surface area contributed by atoms with E-state index in [0.29, 0.717) is 6.54 Å². The molecule has 1 aromatic heterocycles. The Bertz CT molecular complexity index is 444. The van der Waals surface area contributed by atoms with Gasteiger partial charge >= 0.3 is 0 Å². The summed E-state index contributed by atoms with van der Waals surface area (Å²) in [5, 5.41) is 10.6. The van der Waals surface area contributed by atoms with Crippen LogP contribution < -0.4 is 10.6 Å². The third kappa shape index (κ3) is 2.75. The highest BCUT2D eigenvalue weighted by molar-refractivity contribution is 9.10. The summed E-state index contributed by atoms with van der Waals surface area (Å²) in [7, 11) is 1.93. The average molecular weight is 315 g/mol. The van der Waals surface area contributed by atoms with Crippen molar-refractivity contribution in [3.05, 3.63) is 15.9 Å². The number of carbonyl (C=O) groups excluding carboxylic acids is 1. The van der Waals surface area contributed by atoms with Gasteiger partial charge in [-0.1, -0.05) is 6.92 Å². The number of aromatic nitrogens is 2. The van der Waals surface area contributed by atoms with Crippen LogP contribution in [-0.4, -0.2) is 28.3 Å². The number of amides is 1. The molecule has 100 valence electrons. The fraction of sp³-hybridized carbons (Fsp3) is 0.667. The molecule has 1 saturated heterocycles. The highest BCUT2D eigenvalue weighted by Gasteiger charge is 2.22. The van der Waals surface area contributed by atoms with Crippen molar-refractivity contribution in [1.82, 2.24) is 20.4 Å². The Kier molecular flexibility index (Phi) is 4.40. The summed E-state index contributed by atoms with van der Waals surface area (Å²) in [6.45, 7) is 3.54. The predicted molar refractivity (Wildman–Crippen MR) is 73.2 cm³/mol. The Balaban J connectivity index is 2.01. The molecule has 2 rings (SSSR count). The lowest BCUT2D eigenvalue weighted by atomic mass is 10.1. The highest BCUT2D eigenvalue weighted by atomic mass is 79.9. The molecule has 1 atom stereocenters. The molecule has 2 N–H and O–H groups in total. The molecule has 0 radical (unpaired) electrons. The molecular weight excluding hydrogens is 296 g/mol. The number of halogens is 1. The summed E-state index contributed by atoms with van der Waals surface area (Å²) in [5.74, 6) is 0.107. The van der Waals surface area contributed by atoms with Crippen LogP contribution in [0.25, 0.3) is 0 Å². The van der Waals surface area contributed by atoms with Gasteiger partial charge in [0.2, 0.25) is 5.91 Å². The molecule has 6 heteroatoms. The largest absolute Gasteiger partial charge is 0.355 e. The molecule has 1 unspecified atom stereocenters. The molecule has 1 aliphatic rings. The third-order valence-corrected chi connectivity index (χ3v) is 4.22. The minimum atomic E-state index is -0.0781. The van der Waals surface area contributed by atoms with Gasteiger partial charge in [0.1, 0.15) is 0 Å². The average Bonchev–Trinajstić information content (AvgIpc) is 2.64.